The van der Waals surface area contributed by atoms with Gasteiger partial charge in [0.15, 0.2) is 0 Å². The summed E-state index contributed by atoms with van der Waals surface area (Å²) in [6.45, 7) is 0. The molecule has 4 N–H and O–H groups in total. The van der Waals surface area contributed by atoms with E-state index in [0.29, 0.717) is 0 Å². The molecule has 0 bridgehead atoms. The fraction of sp³-hybridized carbons (Fsp3) is 0. The number of nitrogens with two attached hydrogens (primary N) is 2. The maximum Gasteiger partial charge on any atom is 0.404 e. The maximum atomic E-state index is 10.1. The summed E-state index contributed by atoms with van der Waals surface area (Å²) in [6.07, 6.45) is 0. The first-order valence-corrected chi connectivity index (χ1v) is 2.30. The van der Waals surface area contributed by atoms with Crippen LogP contribution in [0.2, 0.25) is 0 Å². The van der Waals surface area contributed by atoms with Crippen molar-refractivity contribution in [2.24, 2.45) is 11.5 Å². The molecular weight excluding hydrogens is 156 g/mol. The highest BCUT2D eigenvalue weighted by Crippen LogP contribution is 1.77. The Balaban J connectivity index is 4.07. The second-order valence-corrected chi connectivity index (χ2v) is 1.41. The zero-order chi connectivity index (χ0) is 9.02. The molecule has 2 amide bonds. The molecule has 0 saturated heterocycles. The lowest BCUT2D eigenvalue weighted by atomic mass is 10.6. The lowest BCUT2D eigenvalue weighted by Gasteiger charge is -1.93. The molecule has 0 aromatic rings. The van der Waals surface area contributed by atoms with Crippen LogP contribution in [0.25, 0.3) is 0 Å². The molecule has 0 aliphatic rings. The first-order chi connectivity index (χ1) is 4.95. The number of carbonyl (C=O) groups excluding carboxylic acids is 4. The predicted octanol–water partition coefficient (Wildman–Crippen LogP) is -2.97. The number of ether oxygens (including phenoxy) is 1. The zero-order valence-corrected chi connectivity index (χ0v) is 5.20. The lowest BCUT2D eigenvalue weighted by molar-refractivity contribution is -0.166. The smallest absolute Gasteiger partial charge is 0.378 e. The van der Waals surface area contributed by atoms with Crippen LogP contribution in [0, 0.1) is 0 Å². The topological polar surface area (TPSA) is 130 Å². The normalized spacial score (nSPS) is 8.36. The van der Waals surface area contributed by atoms with E-state index < -0.39 is 23.8 Å². The van der Waals surface area contributed by atoms with Gasteiger partial charge in [-0.25, -0.2) is 9.59 Å². The van der Waals surface area contributed by atoms with Gasteiger partial charge < -0.3 is 16.2 Å². The van der Waals surface area contributed by atoms with Crippen molar-refractivity contribution in [3.05, 3.63) is 0 Å². The fourth-order valence-corrected chi connectivity index (χ4v) is 0.185. The standard InChI is InChI=1S/C4H4N2O5/c5-1(7)3(9)11-4(10)2(6)8/h(H2,5,7)(H2,6,8). The summed E-state index contributed by atoms with van der Waals surface area (Å²) in [5.74, 6) is -6.18. The molecule has 0 saturated carbocycles. The van der Waals surface area contributed by atoms with Crippen LogP contribution >= 0.6 is 0 Å². The molecule has 0 aliphatic carbocycles. The van der Waals surface area contributed by atoms with Crippen molar-refractivity contribution in [2.75, 3.05) is 0 Å². The van der Waals surface area contributed by atoms with Gasteiger partial charge in [-0.05, 0) is 0 Å². The first kappa shape index (κ1) is 9.08. The van der Waals surface area contributed by atoms with Gasteiger partial charge in [-0.1, -0.05) is 0 Å². The van der Waals surface area contributed by atoms with E-state index >= 15 is 0 Å². The number of amides is 2. The van der Waals surface area contributed by atoms with E-state index in [1.165, 1.54) is 0 Å². The molecule has 7 heteroatoms. The summed E-state index contributed by atoms with van der Waals surface area (Å²) in [7, 11) is 0. The zero-order valence-electron chi connectivity index (χ0n) is 5.20. The SMILES string of the molecule is NC(=O)C(=O)OC(=O)C(N)=O. The van der Waals surface area contributed by atoms with E-state index in [1.807, 2.05) is 0 Å². The Bertz CT molecular complexity index is 209. The quantitative estimate of drug-likeness (QED) is 0.222. The molecule has 0 aromatic heterocycles. The van der Waals surface area contributed by atoms with Gasteiger partial charge in [-0.3, -0.25) is 9.59 Å². The summed E-state index contributed by atoms with van der Waals surface area (Å²) >= 11 is 0. The van der Waals surface area contributed by atoms with Crippen LogP contribution < -0.4 is 11.5 Å². The predicted molar refractivity (Wildman–Crippen MR) is 29.5 cm³/mol. The Morgan fingerprint density at radius 3 is 1.27 bits per heavy atom. The van der Waals surface area contributed by atoms with E-state index in [2.05, 4.69) is 16.2 Å². The van der Waals surface area contributed by atoms with Crippen molar-refractivity contribution < 1.29 is 23.9 Å². The van der Waals surface area contributed by atoms with Crippen LogP contribution in [-0.4, -0.2) is 23.8 Å². The highest BCUT2D eigenvalue weighted by Gasteiger charge is 2.19. The van der Waals surface area contributed by atoms with Crippen LogP contribution in [0.3, 0.4) is 0 Å². The maximum absolute atomic E-state index is 10.1. The van der Waals surface area contributed by atoms with E-state index in [-0.39, 0.29) is 0 Å². The molecule has 0 atom stereocenters. The highest BCUT2D eigenvalue weighted by atomic mass is 16.6. The molecule has 0 fully saturated rings. The third kappa shape index (κ3) is 2.94. The minimum atomic E-state index is -1.62. The summed E-state index contributed by atoms with van der Waals surface area (Å²) in [5, 5.41) is 0. The summed E-state index contributed by atoms with van der Waals surface area (Å²) in [4.78, 5) is 40.1. The Morgan fingerprint density at radius 1 is 0.818 bits per heavy atom. The van der Waals surface area contributed by atoms with Crippen molar-refractivity contribution in [3.63, 3.8) is 0 Å². The van der Waals surface area contributed by atoms with Gasteiger partial charge in [0, 0.05) is 0 Å². The van der Waals surface area contributed by atoms with Gasteiger partial charge in [0.2, 0.25) is 0 Å². The third-order valence-corrected chi connectivity index (χ3v) is 0.588. The van der Waals surface area contributed by atoms with Gasteiger partial charge in [-0.15, -0.1) is 0 Å². The first-order valence-electron chi connectivity index (χ1n) is 2.30. The Kier molecular flexibility index (Phi) is 2.72. The van der Waals surface area contributed by atoms with E-state index in [0.717, 1.165) is 0 Å². The number of carbonyl (C=O) groups is 4. The van der Waals surface area contributed by atoms with Crippen molar-refractivity contribution in [1.29, 1.82) is 0 Å². The van der Waals surface area contributed by atoms with E-state index in [4.69, 9.17) is 0 Å². The largest absolute Gasteiger partial charge is 0.404 e. The average molecular weight is 160 g/mol. The number of rotatable bonds is 0. The van der Waals surface area contributed by atoms with Crippen molar-refractivity contribution in [3.8, 4) is 0 Å². The minimum absolute atomic E-state index is 1.47. The minimum Gasteiger partial charge on any atom is -0.378 e. The molecule has 0 heterocycles. The molecule has 60 valence electrons. The van der Waals surface area contributed by atoms with Gasteiger partial charge in [-0.2, -0.15) is 0 Å². The van der Waals surface area contributed by atoms with Crippen LogP contribution in [0.5, 0.6) is 0 Å². The van der Waals surface area contributed by atoms with Crippen molar-refractivity contribution in [2.45, 2.75) is 0 Å². The highest BCUT2D eigenvalue weighted by molar-refractivity contribution is 6.40. The Hall–Kier alpha value is -1.92. The molecule has 0 rings (SSSR count). The van der Waals surface area contributed by atoms with Crippen LogP contribution in [0.4, 0.5) is 0 Å². The monoisotopic (exact) mass is 160 g/mol. The molecule has 11 heavy (non-hydrogen) atoms. The average Bonchev–Trinajstić information content (AvgIpc) is 1.87. The van der Waals surface area contributed by atoms with Crippen LogP contribution in [0.1, 0.15) is 0 Å². The second-order valence-electron chi connectivity index (χ2n) is 1.41. The van der Waals surface area contributed by atoms with Crippen molar-refractivity contribution >= 4 is 23.8 Å². The van der Waals surface area contributed by atoms with E-state index in [1.54, 1.807) is 0 Å². The molecule has 0 spiro atoms. The third-order valence-electron chi connectivity index (χ3n) is 0.588. The van der Waals surface area contributed by atoms with Crippen LogP contribution in [0.15, 0.2) is 0 Å². The molecule has 0 unspecified atom stereocenters. The van der Waals surface area contributed by atoms with E-state index in [9.17, 15) is 19.2 Å². The molecule has 0 radical (unpaired) electrons. The van der Waals surface area contributed by atoms with Gasteiger partial charge >= 0.3 is 23.8 Å². The van der Waals surface area contributed by atoms with Gasteiger partial charge in [0.05, 0.1) is 0 Å². The number of esters is 2. The van der Waals surface area contributed by atoms with Gasteiger partial charge in [0.25, 0.3) is 0 Å². The van der Waals surface area contributed by atoms with Crippen LogP contribution in [-0.2, 0) is 23.9 Å². The summed E-state index contributed by atoms with van der Waals surface area (Å²) in [5.41, 5.74) is 8.73. The number of primary amides is 2. The summed E-state index contributed by atoms with van der Waals surface area (Å²) < 4.78 is 3.55. The molecule has 0 aliphatic heterocycles. The number of hydrogen-bond donors (Lipinski definition) is 2. The van der Waals surface area contributed by atoms with Crippen molar-refractivity contribution in [1.82, 2.24) is 0 Å². The second kappa shape index (κ2) is 3.30. The summed E-state index contributed by atoms with van der Waals surface area (Å²) in [6, 6.07) is 0. The molecule has 0 aromatic carbocycles. The fourth-order valence-electron chi connectivity index (χ4n) is 0.185. The Morgan fingerprint density at radius 2 is 1.09 bits per heavy atom. The molecular formula is C4H4N2O5. The number of hydrogen-bond acceptors (Lipinski definition) is 5. The van der Waals surface area contributed by atoms with Gasteiger partial charge in [0.1, 0.15) is 0 Å². The lowest BCUT2D eigenvalue weighted by Crippen LogP contribution is -2.33. The Labute approximate surface area is 60.3 Å². The molecule has 7 nitrogen and oxygen atoms in total.